The summed E-state index contributed by atoms with van der Waals surface area (Å²) in [4.78, 5) is 20.1. The number of nitrogens with one attached hydrogen (secondary N) is 2. The van der Waals surface area contributed by atoms with Crippen molar-refractivity contribution in [2.75, 3.05) is 6.54 Å². The molecule has 2 amide bonds. The quantitative estimate of drug-likeness (QED) is 0.395. The monoisotopic (exact) mass is 537 g/mol. The van der Waals surface area contributed by atoms with E-state index in [1.165, 1.54) is 31.2 Å². The van der Waals surface area contributed by atoms with Crippen LogP contribution >= 0.6 is 15.9 Å². The average molecular weight is 538 g/mol. The van der Waals surface area contributed by atoms with Gasteiger partial charge in [-0.25, -0.2) is 4.79 Å². The van der Waals surface area contributed by atoms with Gasteiger partial charge in [0.25, 0.3) is 5.89 Å². The summed E-state index contributed by atoms with van der Waals surface area (Å²) in [5.74, 6) is 0.930. The Bertz CT molecular complexity index is 1150. The molecule has 2 unspecified atom stereocenters. The van der Waals surface area contributed by atoms with Crippen LogP contribution in [0.4, 0.5) is 4.79 Å². The molecule has 2 fully saturated rings. The van der Waals surface area contributed by atoms with Gasteiger partial charge in [0.1, 0.15) is 0 Å². The lowest BCUT2D eigenvalue weighted by Crippen LogP contribution is -2.44. The molecular weight excluding hydrogens is 506 g/mol. The van der Waals surface area contributed by atoms with Crippen molar-refractivity contribution in [3.8, 4) is 11.5 Å². The third kappa shape index (κ3) is 5.43. The van der Waals surface area contributed by atoms with E-state index in [4.69, 9.17) is 4.52 Å². The number of carbonyl (C=O) groups is 1. The first-order valence-electron chi connectivity index (χ1n) is 12.5. The first-order valence-corrected chi connectivity index (χ1v) is 13.3. The van der Waals surface area contributed by atoms with Crippen molar-refractivity contribution < 1.29 is 9.32 Å². The molecule has 2 atom stereocenters. The highest BCUT2D eigenvalue weighted by Gasteiger charge is 2.47. The van der Waals surface area contributed by atoms with Gasteiger partial charge in [0.2, 0.25) is 0 Å². The minimum absolute atomic E-state index is 0.122. The van der Waals surface area contributed by atoms with Gasteiger partial charge in [-0.1, -0.05) is 77.3 Å². The maximum absolute atomic E-state index is 13.0. The van der Waals surface area contributed by atoms with Gasteiger partial charge in [-0.15, -0.1) is 0 Å². The number of likely N-dealkylation sites (tertiary alicyclic amines) is 1. The summed E-state index contributed by atoms with van der Waals surface area (Å²) in [5, 5.41) is 10.5. The highest BCUT2D eigenvalue weighted by Crippen LogP contribution is 2.44. The normalized spacial score (nSPS) is 20.2. The number of halogens is 1. The Morgan fingerprint density at radius 2 is 2.00 bits per heavy atom. The summed E-state index contributed by atoms with van der Waals surface area (Å²) in [7, 11) is 0. The van der Waals surface area contributed by atoms with E-state index in [1.54, 1.807) is 0 Å². The molecule has 5 rings (SSSR count). The highest BCUT2D eigenvalue weighted by molar-refractivity contribution is 9.10. The van der Waals surface area contributed by atoms with Crippen molar-refractivity contribution in [1.29, 1.82) is 0 Å². The molecule has 0 radical (unpaired) electrons. The zero-order valence-corrected chi connectivity index (χ0v) is 21.6. The molecule has 1 saturated carbocycles. The first-order chi connectivity index (χ1) is 17.0. The van der Waals surface area contributed by atoms with Gasteiger partial charge >= 0.3 is 6.03 Å². The van der Waals surface area contributed by atoms with Crippen LogP contribution in [0.25, 0.3) is 11.5 Å². The summed E-state index contributed by atoms with van der Waals surface area (Å²) in [6, 6.07) is 18.0. The maximum atomic E-state index is 13.0. The van der Waals surface area contributed by atoms with Crippen molar-refractivity contribution in [3.05, 3.63) is 70.5 Å². The molecule has 3 aromatic rings. The van der Waals surface area contributed by atoms with Crippen LogP contribution in [0.2, 0.25) is 0 Å². The van der Waals surface area contributed by atoms with Gasteiger partial charge in [0.15, 0.2) is 5.82 Å². The molecule has 1 aliphatic heterocycles. The second-order valence-electron chi connectivity index (χ2n) is 9.75. The Morgan fingerprint density at radius 1 is 1.20 bits per heavy atom. The SMILES string of the molecule is CCC(NC(=O)NC1CN(Cc2ccccc2)C2(CCCC2)C1)c1noc(-c2cccc(Br)c2)n1. The van der Waals surface area contributed by atoms with Crippen molar-refractivity contribution >= 4 is 22.0 Å². The molecule has 1 spiro atoms. The third-order valence-electron chi connectivity index (χ3n) is 7.36. The Balaban J connectivity index is 1.22. The average Bonchev–Trinajstić information content (AvgIpc) is 3.60. The number of rotatable bonds is 7. The van der Waals surface area contributed by atoms with Crippen LogP contribution in [-0.4, -0.2) is 39.2 Å². The Morgan fingerprint density at radius 3 is 2.74 bits per heavy atom. The van der Waals surface area contributed by atoms with E-state index in [0.717, 1.165) is 29.5 Å². The van der Waals surface area contributed by atoms with Gasteiger partial charge in [-0.2, -0.15) is 4.98 Å². The molecule has 8 heteroatoms. The fourth-order valence-electron chi connectivity index (χ4n) is 5.65. The molecule has 0 bridgehead atoms. The van der Waals surface area contributed by atoms with Crippen LogP contribution in [0, 0.1) is 0 Å². The summed E-state index contributed by atoms with van der Waals surface area (Å²) in [6.07, 6.45) is 6.61. The molecule has 2 heterocycles. The molecule has 7 nitrogen and oxygen atoms in total. The molecule has 1 aromatic heterocycles. The van der Waals surface area contributed by atoms with E-state index in [9.17, 15) is 4.79 Å². The zero-order valence-electron chi connectivity index (χ0n) is 20.0. The predicted molar refractivity (Wildman–Crippen MR) is 139 cm³/mol. The standard InChI is InChI=1S/C27H32BrN5O2/c1-2-23(24-31-25(35-32-24)20-11-8-12-21(28)15-20)30-26(34)29-22-16-27(13-6-7-14-27)33(18-22)17-19-9-4-3-5-10-19/h3-5,8-12,15,22-23H,2,6-7,13-14,16-18H2,1H3,(H2,29,30,34). The fourth-order valence-corrected chi connectivity index (χ4v) is 6.05. The van der Waals surface area contributed by atoms with Gasteiger partial charge < -0.3 is 15.2 Å². The van der Waals surface area contributed by atoms with Crippen LogP contribution in [-0.2, 0) is 6.54 Å². The van der Waals surface area contributed by atoms with E-state index in [-0.39, 0.29) is 23.7 Å². The summed E-state index contributed by atoms with van der Waals surface area (Å²) >= 11 is 3.47. The number of benzene rings is 2. The number of amides is 2. The smallest absolute Gasteiger partial charge is 0.315 e. The molecular formula is C27H32BrN5O2. The second-order valence-corrected chi connectivity index (χ2v) is 10.7. The van der Waals surface area contributed by atoms with Crippen LogP contribution in [0.5, 0.6) is 0 Å². The van der Waals surface area contributed by atoms with E-state index in [1.807, 2.05) is 31.2 Å². The Kier molecular flexibility index (Phi) is 7.20. The number of hydrogen-bond acceptors (Lipinski definition) is 5. The van der Waals surface area contributed by atoms with Crippen LogP contribution in [0.1, 0.15) is 62.9 Å². The Hall–Kier alpha value is -2.71. The van der Waals surface area contributed by atoms with Crippen LogP contribution < -0.4 is 10.6 Å². The van der Waals surface area contributed by atoms with E-state index in [0.29, 0.717) is 18.1 Å². The number of carbonyl (C=O) groups excluding carboxylic acids is 1. The largest absolute Gasteiger partial charge is 0.334 e. The molecule has 1 saturated heterocycles. The predicted octanol–water partition coefficient (Wildman–Crippen LogP) is 5.84. The summed E-state index contributed by atoms with van der Waals surface area (Å²) in [5.41, 5.74) is 2.36. The van der Waals surface area contributed by atoms with Crippen molar-refractivity contribution in [3.63, 3.8) is 0 Å². The topological polar surface area (TPSA) is 83.3 Å². The minimum atomic E-state index is -0.318. The minimum Gasteiger partial charge on any atom is -0.334 e. The highest BCUT2D eigenvalue weighted by atomic mass is 79.9. The third-order valence-corrected chi connectivity index (χ3v) is 7.86. The molecule has 35 heavy (non-hydrogen) atoms. The van der Waals surface area contributed by atoms with Crippen LogP contribution in [0.15, 0.2) is 63.6 Å². The van der Waals surface area contributed by atoms with Crippen LogP contribution in [0.3, 0.4) is 0 Å². The van der Waals surface area contributed by atoms with Gasteiger partial charge in [-0.05, 0) is 49.4 Å². The molecule has 2 N–H and O–H groups in total. The van der Waals surface area contributed by atoms with Gasteiger partial charge in [0, 0.05) is 34.7 Å². The van der Waals surface area contributed by atoms with E-state index < -0.39 is 0 Å². The zero-order chi connectivity index (χ0) is 24.3. The molecule has 184 valence electrons. The lowest BCUT2D eigenvalue weighted by Gasteiger charge is -2.34. The van der Waals surface area contributed by atoms with Crippen molar-refractivity contribution in [1.82, 2.24) is 25.7 Å². The second kappa shape index (κ2) is 10.5. The Labute approximate surface area is 214 Å². The lowest BCUT2D eigenvalue weighted by molar-refractivity contribution is 0.135. The van der Waals surface area contributed by atoms with E-state index >= 15 is 0 Å². The number of urea groups is 1. The fraction of sp³-hybridized carbons (Fsp3) is 0.444. The first kappa shape index (κ1) is 24.0. The van der Waals surface area contributed by atoms with Crippen molar-refractivity contribution in [2.24, 2.45) is 0 Å². The maximum Gasteiger partial charge on any atom is 0.315 e. The molecule has 1 aliphatic carbocycles. The van der Waals surface area contributed by atoms with Crippen molar-refractivity contribution in [2.45, 2.75) is 69.6 Å². The van der Waals surface area contributed by atoms with Gasteiger partial charge in [-0.3, -0.25) is 4.90 Å². The molecule has 2 aromatic carbocycles. The number of nitrogens with zero attached hydrogens (tertiary/aromatic N) is 3. The molecule has 2 aliphatic rings. The summed E-state index contributed by atoms with van der Waals surface area (Å²) in [6.45, 7) is 3.80. The number of aromatic nitrogens is 2. The summed E-state index contributed by atoms with van der Waals surface area (Å²) < 4.78 is 6.42. The number of hydrogen-bond donors (Lipinski definition) is 2. The van der Waals surface area contributed by atoms with E-state index in [2.05, 4.69) is 71.9 Å². The lowest BCUT2D eigenvalue weighted by atomic mass is 9.92. The van der Waals surface area contributed by atoms with Gasteiger partial charge in [0.05, 0.1) is 6.04 Å².